The van der Waals surface area contributed by atoms with Crippen LogP contribution >= 0.6 is 12.2 Å². The number of carbonyl (C=O) groups excluding carboxylic acids is 1. The predicted octanol–water partition coefficient (Wildman–Crippen LogP) is 1.55. The average Bonchev–Trinajstić information content (AvgIpc) is 2.50. The Hall–Kier alpha value is -1.86. The second-order valence-corrected chi connectivity index (χ2v) is 5.21. The van der Waals surface area contributed by atoms with Gasteiger partial charge in [0.1, 0.15) is 11.5 Å². The molecule has 0 saturated carbocycles. The van der Waals surface area contributed by atoms with Gasteiger partial charge in [-0.25, -0.2) is 10.9 Å². The van der Waals surface area contributed by atoms with Crippen LogP contribution in [0.3, 0.4) is 0 Å². The Morgan fingerprint density at radius 1 is 1.38 bits per heavy atom. The fourth-order valence-corrected chi connectivity index (χ4v) is 1.74. The van der Waals surface area contributed by atoms with Gasteiger partial charge in [0.15, 0.2) is 5.11 Å². The number of nitrogens with one attached hydrogen (secondary N) is 1. The van der Waals surface area contributed by atoms with Crippen LogP contribution in [0.4, 0.5) is 0 Å². The summed E-state index contributed by atoms with van der Waals surface area (Å²) in [4.78, 5) is 12.4. The molecular weight excluding hydrogens is 290 g/mol. The lowest BCUT2D eigenvalue weighted by Crippen LogP contribution is -2.49. The molecule has 0 saturated heterocycles. The maximum Gasteiger partial charge on any atom is 0.278 e. The summed E-state index contributed by atoms with van der Waals surface area (Å²) >= 11 is 5.10. The Kier molecular flexibility index (Phi) is 6.39. The molecule has 0 aliphatic carbocycles. The van der Waals surface area contributed by atoms with Gasteiger partial charge in [-0.05, 0) is 30.3 Å². The van der Waals surface area contributed by atoms with E-state index in [2.05, 4.69) is 5.32 Å². The van der Waals surface area contributed by atoms with E-state index < -0.39 is 5.91 Å². The van der Waals surface area contributed by atoms with Gasteiger partial charge in [-0.2, -0.15) is 0 Å². The van der Waals surface area contributed by atoms with Crippen LogP contribution in [0.25, 0.3) is 0 Å². The molecule has 0 radical (unpaired) electrons. The van der Waals surface area contributed by atoms with Crippen molar-refractivity contribution in [1.29, 1.82) is 0 Å². The number of ether oxygens (including phenoxy) is 2. The van der Waals surface area contributed by atoms with E-state index in [9.17, 15) is 4.79 Å². The average molecular weight is 311 g/mol. The van der Waals surface area contributed by atoms with E-state index in [1.165, 1.54) is 14.2 Å². The predicted molar refractivity (Wildman–Crippen MR) is 85.3 cm³/mol. The van der Waals surface area contributed by atoms with Crippen molar-refractivity contribution < 1.29 is 14.3 Å². The van der Waals surface area contributed by atoms with Gasteiger partial charge in [0, 0.05) is 12.6 Å². The highest BCUT2D eigenvalue weighted by Gasteiger charge is 2.21. The minimum atomic E-state index is -0.448. The van der Waals surface area contributed by atoms with Crippen molar-refractivity contribution in [3.63, 3.8) is 0 Å². The monoisotopic (exact) mass is 311 g/mol. The van der Waals surface area contributed by atoms with Crippen molar-refractivity contribution >= 4 is 23.2 Å². The zero-order chi connectivity index (χ0) is 16.0. The Balaban J connectivity index is 2.89. The third-order valence-electron chi connectivity index (χ3n) is 2.74. The third-order valence-corrected chi connectivity index (χ3v) is 3.08. The van der Waals surface area contributed by atoms with E-state index >= 15 is 0 Å². The van der Waals surface area contributed by atoms with Crippen LogP contribution in [-0.2, 0) is 0 Å². The number of hydrazine groups is 1. The molecule has 116 valence electrons. The SMILES string of the molecule is COc1ccc(C(=O)N(N)C(=S)NCC(C)C)c(OC)c1. The Morgan fingerprint density at radius 3 is 2.57 bits per heavy atom. The number of methoxy groups -OCH3 is 2. The molecule has 3 N–H and O–H groups in total. The van der Waals surface area contributed by atoms with Crippen molar-refractivity contribution in [2.45, 2.75) is 13.8 Å². The van der Waals surface area contributed by atoms with E-state index in [0.717, 1.165) is 5.01 Å². The Morgan fingerprint density at radius 2 is 2.05 bits per heavy atom. The van der Waals surface area contributed by atoms with Gasteiger partial charge >= 0.3 is 0 Å². The molecule has 1 aromatic rings. The molecule has 0 aromatic heterocycles. The van der Waals surface area contributed by atoms with E-state index in [4.69, 9.17) is 27.5 Å². The highest BCUT2D eigenvalue weighted by molar-refractivity contribution is 7.80. The molecule has 0 atom stereocenters. The van der Waals surface area contributed by atoms with Crippen LogP contribution in [0.15, 0.2) is 18.2 Å². The first-order chi connectivity index (χ1) is 9.90. The minimum Gasteiger partial charge on any atom is -0.497 e. The number of hydrogen-bond acceptors (Lipinski definition) is 5. The lowest BCUT2D eigenvalue weighted by molar-refractivity contribution is 0.0842. The summed E-state index contributed by atoms with van der Waals surface area (Å²) in [6, 6.07) is 4.87. The summed E-state index contributed by atoms with van der Waals surface area (Å²) in [5.41, 5.74) is 0.314. The van der Waals surface area contributed by atoms with Gasteiger partial charge in [0.25, 0.3) is 5.91 Å². The summed E-state index contributed by atoms with van der Waals surface area (Å²) in [7, 11) is 3.01. The zero-order valence-corrected chi connectivity index (χ0v) is 13.5. The molecule has 0 fully saturated rings. The molecule has 0 spiro atoms. The lowest BCUT2D eigenvalue weighted by Gasteiger charge is -2.20. The van der Waals surface area contributed by atoms with Crippen molar-refractivity contribution in [3.05, 3.63) is 23.8 Å². The number of thiocarbonyl (C=S) groups is 1. The molecule has 0 unspecified atom stereocenters. The number of amides is 1. The Bertz CT molecular complexity index is 520. The highest BCUT2D eigenvalue weighted by atomic mass is 32.1. The standard InChI is InChI=1S/C14H21N3O3S/c1-9(2)8-16-14(21)17(15)13(18)11-6-5-10(19-3)7-12(11)20-4/h5-7,9H,8,15H2,1-4H3,(H,16,21). The normalized spacial score (nSPS) is 10.2. The molecule has 6 nitrogen and oxygen atoms in total. The Labute approximate surface area is 130 Å². The molecule has 0 heterocycles. The van der Waals surface area contributed by atoms with Gasteiger partial charge in [-0.15, -0.1) is 0 Å². The van der Waals surface area contributed by atoms with Gasteiger partial charge < -0.3 is 14.8 Å². The van der Waals surface area contributed by atoms with E-state index in [1.807, 2.05) is 13.8 Å². The fourth-order valence-electron chi connectivity index (χ4n) is 1.57. The van der Waals surface area contributed by atoms with Crippen molar-refractivity contribution in [2.24, 2.45) is 11.8 Å². The number of rotatable bonds is 5. The highest BCUT2D eigenvalue weighted by Crippen LogP contribution is 2.25. The minimum absolute atomic E-state index is 0.173. The lowest BCUT2D eigenvalue weighted by atomic mass is 10.1. The molecule has 0 aliphatic rings. The van der Waals surface area contributed by atoms with Crippen molar-refractivity contribution in [2.75, 3.05) is 20.8 Å². The van der Waals surface area contributed by atoms with Gasteiger partial charge in [0.2, 0.25) is 0 Å². The van der Waals surface area contributed by atoms with Crippen LogP contribution < -0.4 is 20.6 Å². The molecule has 1 amide bonds. The van der Waals surface area contributed by atoms with E-state index in [0.29, 0.717) is 29.5 Å². The van der Waals surface area contributed by atoms with Gasteiger partial charge in [-0.3, -0.25) is 4.79 Å². The second kappa shape index (κ2) is 7.80. The number of hydrogen-bond donors (Lipinski definition) is 2. The first-order valence-electron chi connectivity index (χ1n) is 6.49. The molecule has 1 aromatic carbocycles. The fraction of sp³-hybridized carbons (Fsp3) is 0.429. The summed E-state index contributed by atoms with van der Waals surface area (Å²) < 4.78 is 10.3. The van der Waals surface area contributed by atoms with Gasteiger partial charge in [-0.1, -0.05) is 13.8 Å². The topological polar surface area (TPSA) is 76.8 Å². The largest absolute Gasteiger partial charge is 0.497 e. The summed E-state index contributed by atoms with van der Waals surface area (Å²) in [6.45, 7) is 4.70. The van der Waals surface area contributed by atoms with Gasteiger partial charge in [0.05, 0.1) is 19.8 Å². The first kappa shape index (κ1) is 17.2. The molecule has 0 aliphatic heterocycles. The molecule has 1 rings (SSSR count). The first-order valence-corrected chi connectivity index (χ1v) is 6.90. The van der Waals surface area contributed by atoms with E-state index in [1.54, 1.807) is 18.2 Å². The number of benzene rings is 1. The van der Waals surface area contributed by atoms with E-state index in [-0.39, 0.29) is 5.11 Å². The van der Waals surface area contributed by atoms with Crippen LogP contribution in [-0.4, -0.2) is 36.8 Å². The number of nitrogens with zero attached hydrogens (tertiary/aromatic N) is 1. The summed E-state index contributed by atoms with van der Waals surface area (Å²) in [6.07, 6.45) is 0. The molecule has 0 bridgehead atoms. The second-order valence-electron chi connectivity index (χ2n) is 4.82. The summed E-state index contributed by atoms with van der Waals surface area (Å²) in [5.74, 6) is 6.68. The van der Waals surface area contributed by atoms with Crippen LogP contribution in [0, 0.1) is 5.92 Å². The smallest absolute Gasteiger partial charge is 0.278 e. The maximum atomic E-state index is 12.4. The maximum absolute atomic E-state index is 12.4. The quantitative estimate of drug-likeness (QED) is 0.372. The molecular formula is C14H21N3O3S. The third kappa shape index (κ3) is 4.57. The van der Waals surface area contributed by atoms with Crippen LogP contribution in [0.5, 0.6) is 11.5 Å². The molecule has 21 heavy (non-hydrogen) atoms. The van der Waals surface area contributed by atoms with Crippen LogP contribution in [0.2, 0.25) is 0 Å². The zero-order valence-electron chi connectivity index (χ0n) is 12.7. The van der Waals surface area contributed by atoms with Crippen molar-refractivity contribution in [3.8, 4) is 11.5 Å². The number of nitrogens with two attached hydrogens (primary N) is 1. The summed E-state index contributed by atoms with van der Waals surface area (Å²) in [5, 5.41) is 4.02. The van der Waals surface area contributed by atoms with Crippen LogP contribution in [0.1, 0.15) is 24.2 Å². The van der Waals surface area contributed by atoms with Crippen molar-refractivity contribution in [1.82, 2.24) is 10.3 Å². The molecule has 7 heteroatoms. The number of carbonyl (C=O) groups is 1.